The zero-order chi connectivity index (χ0) is 32.6. The predicted octanol–water partition coefficient (Wildman–Crippen LogP) is 2.58. The van der Waals surface area contributed by atoms with Gasteiger partial charge in [0.05, 0.1) is 41.0 Å². The van der Waals surface area contributed by atoms with Gasteiger partial charge in [-0.25, -0.2) is 13.2 Å². The number of nitrogens with one attached hydrogen (secondary N) is 3. The topological polar surface area (TPSA) is 184 Å². The number of methoxy groups -OCH3 is 1. The number of allylic oxidation sites excluding steroid dienone is 1. The normalized spacial score (nSPS) is 29.2. The second kappa shape index (κ2) is 12.3. The van der Waals surface area contributed by atoms with Crippen molar-refractivity contribution in [1.29, 1.82) is 5.26 Å². The molecule has 45 heavy (non-hydrogen) atoms. The largest absolute Gasteiger partial charge is 0.495 e. The van der Waals surface area contributed by atoms with E-state index >= 15 is 0 Å². The fourth-order valence-electron chi connectivity index (χ4n) is 6.16. The van der Waals surface area contributed by atoms with Crippen LogP contribution in [-0.2, 0) is 29.1 Å². The number of amides is 4. The Morgan fingerprint density at radius 3 is 2.58 bits per heavy atom. The SMILES string of the molecule is COc1ccc(C#N)cc1NC(=O)OC1CC2C(=O)NC3(C(=O)NS(=O)(=O)C4(C)CC4)CC3C=CCCCCN(C)C(=O)C2C1. The first-order chi connectivity index (χ1) is 21.3. The highest BCUT2D eigenvalue weighted by Crippen LogP contribution is 2.48. The second-order valence-electron chi connectivity index (χ2n) is 12.7. The number of sulfonamides is 1. The van der Waals surface area contributed by atoms with Crippen molar-refractivity contribution in [2.75, 3.05) is 26.0 Å². The highest BCUT2D eigenvalue weighted by Gasteiger charge is 2.63. The van der Waals surface area contributed by atoms with Crippen molar-refractivity contribution in [3.63, 3.8) is 0 Å². The van der Waals surface area contributed by atoms with E-state index in [1.165, 1.54) is 25.3 Å². The maximum absolute atomic E-state index is 13.9. The number of hydrogen-bond acceptors (Lipinski definition) is 9. The molecule has 1 aromatic carbocycles. The first kappa shape index (κ1) is 32.3. The number of fused-ring (bicyclic) bond motifs is 2. The Hall–Kier alpha value is -4.12. The Morgan fingerprint density at radius 1 is 1.16 bits per heavy atom. The second-order valence-corrected chi connectivity index (χ2v) is 14.9. The van der Waals surface area contributed by atoms with Gasteiger partial charge in [0.25, 0.3) is 5.91 Å². The minimum Gasteiger partial charge on any atom is -0.495 e. The molecule has 3 saturated carbocycles. The van der Waals surface area contributed by atoms with Crippen LogP contribution in [0.4, 0.5) is 10.5 Å². The Kier molecular flexibility index (Phi) is 8.86. The fourth-order valence-corrected chi connectivity index (χ4v) is 7.47. The van der Waals surface area contributed by atoms with Crippen LogP contribution in [0.2, 0.25) is 0 Å². The van der Waals surface area contributed by atoms with E-state index in [4.69, 9.17) is 9.47 Å². The molecule has 0 spiro atoms. The van der Waals surface area contributed by atoms with Gasteiger partial charge in [-0.05, 0) is 76.5 Å². The fraction of sp³-hybridized carbons (Fsp3) is 0.581. The summed E-state index contributed by atoms with van der Waals surface area (Å²) in [7, 11) is -0.856. The third-order valence-corrected chi connectivity index (χ3v) is 11.6. The summed E-state index contributed by atoms with van der Waals surface area (Å²) in [4.78, 5) is 55.5. The number of hydrogen-bond donors (Lipinski definition) is 3. The monoisotopic (exact) mass is 641 g/mol. The number of rotatable bonds is 6. The minimum absolute atomic E-state index is 0.0213. The lowest BCUT2D eigenvalue weighted by Gasteiger charge is -2.27. The van der Waals surface area contributed by atoms with E-state index in [1.54, 1.807) is 18.9 Å². The lowest BCUT2D eigenvalue weighted by atomic mass is 9.93. The van der Waals surface area contributed by atoms with E-state index in [9.17, 15) is 32.9 Å². The molecule has 0 saturated heterocycles. The average molecular weight is 642 g/mol. The molecule has 14 heteroatoms. The summed E-state index contributed by atoms with van der Waals surface area (Å²) in [6.45, 7) is 2.07. The van der Waals surface area contributed by atoms with Gasteiger partial charge in [-0.1, -0.05) is 12.2 Å². The van der Waals surface area contributed by atoms with Crippen LogP contribution in [-0.4, -0.2) is 74.2 Å². The summed E-state index contributed by atoms with van der Waals surface area (Å²) < 4.78 is 37.9. The number of nitriles is 1. The van der Waals surface area contributed by atoms with Crippen LogP contribution in [0.5, 0.6) is 5.75 Å². The molecule has 3 N–H and O–H groups in total. The van der Waals surface area contributed by atoms with E-state index in [-0.39, 0.29) is 30.9 Å². The molecular weight excluding hydrogens is 602 g/mol. The molecule has 3 aliphatic carbocycles. The van der Waals surface area contributed by atoms with E-state index in [2.05, 4.69) is 15.4 Å². The summed E-state index contributed by atoms with van der Waals surface area (Å²) >= 11 is 0. The maximum atomic E-state index is 13.9. The molecule has 1 heterocycles. The van der Waals surface area contributed by atoms with E-state index < -0.39 is 62.1 Å². The lowest BCUT2D eigenvalue weighted by Crippen LogP contribution is -2.55. The lowest BCUT2D eigenvalue weighted by molar-refractivity contribution is -0.140. The summed E-state index contributed by atoms with van der Waals surface area (Å²) in [5.41, 5.74) is -0.942. The Morgan fingerprint density at radius 2 is 1.89 bits per heavy atom. The molecule has 1 aliphatic heterocycles. The van der Waals surface area contributed by atoms with Crippen LogP contribution in [0.15, 0.2) is 30.4 Å². The van der Waals surface area contributed by atoms with Gasteiger partial charge in [-0.15, -0.1) is 0 Å². The van der Waals surface area contributed by atoms with Crippen LogP contribution in [0.1, 0.15) is 63.9 Å². The van der Waals surface area contributed by atoms with Gasteiger partial charge in [0, 0.05) is 19.5 Å². The molecule has 4 amide bonds. The van der Waals surface area contributed by atoms with Gasteiger partial charge in [0.2, 0.25) is 21.8 Å². The van der Waals surface area contributed by atoms with Gasteiger partial charge in [-0.3, -0.25) is 24.4 Å². The Labute approximate surface area is 262 Å². The molecular formula is C31H39N5O8S. The summed E-state index contributed by atoms with van der Waals surface area (Å²) in [5, 5.41) is 14.6. The maximum Gasteiger partial charge on any atom is 0.412 e. The zero-order valence-corrected chi connectivity index (χ0v) is 26.4. The van der Waals surface area contributed by atoms with Crippen molar-refractivity contribution >= 4 is 39.5 Å². The molecule has 1 aromatic rings. The van der Waals surface area contributed by atoms with Gasteiger partial charge >= 0.3 is 6.09 Å². The molecule has 0 radical (unpaired) electrons. The third-order valence-electron chi connectivity index (χ3n) is 9.47. The van der Waals surface area contributed by atoms with Crippen molar-refractivity contribution in [3.8, 4) is 11.8 Å². The third kappa shape index (κ3) is 6.63. The summed E-state index contributed by atoms with van der Waals surface area (Å²) in [6, 6.07) is 6.51. The van der Waals surface area contributed by atoms with E-state index in [1.807, 2.05) is 18.2 Å². The first-order valence-corrected chi connectivity index (χ1v) is 16.7. The highest BCUT2D eigenvalue weighted by molar-refractivity contribution is 7.91. The van der Waals surface area contributed by atoms with E-state index in [0.29, 0.717) is 37.1 Å². The van der Waals surface area contributed by atoms with Crippen molar-refractivity contribution in [3.05, 3.63) is 35.9 Å². The van der Waals surface area contributed by atoms with Crippen LogP contribution in [0.25, 0.3) is 0 Å². The number of ether oxygens (including phenoxy) is 2. The Bertz CT molecular complexity index is 1570. The Balaban J connectivity index is 1.35. The van der Waals surface area contributed by atoms with Crippen LogP contribution in [0.3, 0.4) is 0 Å². The standard InChI is InChI=1S/C31H39N5O8S/c1-30(11-12-30)45(41,42)35-28(39)31-17-20(31)8-6-4-5-7-13-36(2)27(38)23-16-21(15-22(23)26(37)34-31)44-29(40)33-24-14-19(18-32)9-10-25(24)43-3/h6,8-10,14,20-23H,4-5,7,11-13,15-17H2,1-3H3,(H,33,40)(H,34,37)(H,35,39). The van der Waals surface area contributed by atoms with Crippen molar-refractivity contribution in [2.45, 2.75) is 74.7 Å². The van der Waals surface area contributed by atoms with Crippen LogP contribution < -0.4 is 20.1 Å². The van der Waals surface area contributed by atoms with E-state index in [0.717, 1.165) is 12.8 Å². The summed E-state index contributed by atoms with van der Waals surface area (Å²) in [6.07, 6.45) is 5.59. The summed E-state index contributed by atoms with van der Waals surface area (Å²) in [5.74, 6) is -3.47. The van der Waals surface area contributed by atoms with Gasteiger partial charge in [0.1, 0.15) is 17.4 Å². The van der Waals surface area contributed by atoms with Crippen LogP contribution in [0, 0.1) is 29.1 Å². The van der Waals surface area contributed by atoms with Crippen molar-refractivity contribution < 1.29 is 37.1 Å². The average Bonchev–Trinajstić information content (AvgIpc) is 3.88. The van der Waals surface area contributed by atoms with Crippen molar-refractivity contribution in [2.24, 2.45) is 17.8 Å². The molecule has 242 valence electrons. The number of anilines is 1. The van der Waals surface area contributed by atoms with Gasteiger partial charge < -0.3 is 19.7 Å². The highest BCUT2D eigenvalue weighted by atomic mass is 32.2. The number of benzene rings is 1. The molecule has 3 fully saturated rings. The molecule has 0 bridgehead atoms. The number of nitrogens with zero attached hydrogens (tertiary/aromatic N) is 2. The quantitative estimate of drug-likeness (QED) is 0.393. The van der Waals surface area contributed by atoms with Gasteiger partial charge in [-0.2, -0.15) is 5.26 Å². The molecule has 5 rings (SSSR count). The molecule has 5 unspecified atom stereocenters. The number of carbonyl (C=O) groups is 4. The smallest absolute Gasteiger partial charge is 0.412 e. The van der Waals surface area contributed by atoms with Crippen LogP contribution >= 0.6 is 0 Å². The molecule has 0 aromatic heterocycles. The molecule has 13 nitrogen and oxygen atoms in total. The predicted molar refractivity (Wildman–Crippen MR) is 162 cm³/mol. The minimum atomic E-state index is -3.94. The molecule has 4 aliphatic rings. The van der Waals surface area contributed by atoms with Gasteiger partial charge in [0.15, 0.2) is 0 Å². The zero-order valence-electron chi connectivity index (χ0n) is 25.6. The number of carbonyl (C=O) groups excluding carboxylic acids is 4. The first-order valence-electron chi connectivity index (χ1n) is 15.2. The van der Waals surface area contributed by atoms with Crippen molar-refractivity contribution in [1.82, 2.24) is 14.9 Å². The molecule has 5 atom stereocenters.